The molecule has 0 aromatic carbocycles. The van der Waals surface area contributed by atoms with E-state index >= 15 is 0 Å². The molecule has 0 saturated heterocycles. The van der Waals surface area contributed by atoms with E-state index in [0.717, 1.165) is 19.3 Å². The first kappa shape index (κ1) is 16.0. The highest BCUT2D eigenvalue weighted by Crippen LogP contribution is 2.10. The van der Waals surface area contributed by atoms with Gasteiger partial charge in [-0.2, -0.15) is 0 Å². The molecule has 0 aliphatic heterocycles. The van der Waals surface area contributed by atoms with E-state index in [1.54, 1.807) is 6.08 Å². The van der Waals surface area contributed by atoms with E-state index < -0.39 is 5.97 Å². The van der Waals surface area contributed by atoms with Crippen molar-refractivity contribution in [3.63, 3.8) is 0 Å². The Hall–Kier alpha value is -1.05. The third-order valence-electron chi connectivity index (χ3n) is 2.79. The van der Waals surface area contributed by atoms with Crippen LogP contribution < -0.4 is 0 Å². The second-order valence-electron chi connectivity index (χ2n) is 4.44. The molecule has 0 aromatic rings. The van der Waals surface area contributed by atoms with E-state index in [0.29, 0.717) is 0 Å². The number of hydrogen-bond donors (Lipinski definition) is 1. The van der Waals surface area contributed by atoms with Crippen molar-refractivity contribution in [3.8, 4) is 0 Å². The lowest BCUT2D eigenvalue weighted by Gasteiger charge is -2.00. The van der Waals surface area contributed by atoms with Gasteiger partial charge in [-0.05, 0) is 25.7 Å². The topological polar surface area (TPSA) is 37.3 Å². The average Bonchev–Trinajstić information content (AvgIpc) is 2.30. The monoisotopic (exact) mass is 238 g/mol. The predicted octanol–water partition coefficient (Wildman–Crippen LogP) is 4.71. The lowest BCUT2D eigenvalue weighted by molar-refractivity contribution is -0.131. The fraction of sp³-hybridized carbons (Fsp3) is 0.667. The highest BCUT2D eigenvalue weighted by atomic mass is 16.4. The van der Waals surface area contributed by atoms with Crippen LogP contribution in [0.4, 0.5) is 0 Å². The van der Waals surface area contributed by atoms with Gasteiger partial charge in [-0.1, -0.05) is 50.7 Å². The van der Waals surface area contributed by atoms with E-state index in [9.17, 15) is 4.79 Å². The molecule has 0 aliphatic rings. The molecule has 0 unspecified atom stereocenters. The van der Waals surface area contributed by atoms with Crippen molar-refractivity contribution in [2.45, 2.75) is 64.2 Å². The van der Waals surface area contributed by atoms with Crippen molar-refractivity contribution in [2.75, 3.05) is 0 Å². The maximum absolute atomic E-state index is 10.2. The van der Waals surface area contributed by atoms with E-state index in [4.69, 9.17) is 5.11 Å². The van der Waals surface area contributed by atoms with Crippen molar-refractivity contribution in [3.05, 3.63) is 24.8 Å². The molecule has 0 bridgehead atoms. The molecule has 0 amide bonds. The summed E-state index contributed by atoms with van der Waals surface area (Å²) in [5.74, 6) is -0.843. The second-order valence-corrected chi connectivity index (χ2v) is 4.44. The Bertz CT molecular complexity index is 219. The van der Waals surface area contributed by atoms with Crippen molar-refractivity contribution in [1.29, 1.82) is 0 Å². The van der Waals surface area contributed by atoms with Gasteiger partial charge in [0.15, 0.2) is 0 Å². The molecule has 0 heterocycles. The van der Waals surface area contributed by atoms with Crippen LogP contribution in [-0.2, 0) is 4.79 Å². The van der Waals surface area contributed by atoms with Crippen LogP contribution in [0.1, 0.15) is 64.2 Å². The standard InChI is InChI=1S/C15H26O2/c1-2-3-4-5-6-7-8-9-10-11-12-13-14-15(16)17/h2,13-14H,1,3-12H2,(H,16,17). The number of rotatable bonds is 12. The molecule has 0 atom stereocenters. The summed E-state index contributed by atoms with van der Waals surface area (Å²) in [6.45, 7) is 3.71. The van der Waals surface area contributed by atoms with Crippen LogP contribution in [0.25, 0.3) is 0 Å². The molecule has 0 saturated carbocycles. The SMILES string of the molecule is C=CCCCCCCCCCCC=CC(=O)O. The molecule has 0 aliphatic carbocycles. The summed E-state index contributed by atoms with van der Waals surface area (Å²) < 4.78 is 0. The minimum Gasteiger partial charge on any atom is -0.478 e. The number of carboxylic acid groups (broad SMARTS) is 1. The number of unbranched alkanes of at least 4 members (excludes halogenated alkanes) is 9. The number of aliphatic carboxylic acids is 1. The van der Waals surface area contributed by atoms with E-state index in [-0.39, 0.29) is 0 Å². The van der Waals surface area contributed by atoms with E-state index in [2.05, 4.69) is 6.58 Å². The predicted molar refractivity (Wildman–Crippen MR) is 73.1 cm³/mol. The zero-order chi connectivity index (χ0) is 12.8. The van der Waals surface area contributed by atoms with Gasteiger partial charge in [-0.3, -0.25) is 0 Å². The molecule has 2 heteroatoms. The average molecular weight is 238 g/mol. The lowest BCUT2D eigenvalue weighted by Crippen LogP contribution is -1.85. The minimum atomic E-state index is -0.843. The largest absolute Gasteiger partial charge is 0.478 e. The van der Waals surface area contributed by atoms with Crippen molar-refractivity contribution in [1.82, 2.24) is 0 Å². The molecule has 0 radical (unpaired) electrons. The summed E-state index contributed by atoms with van der Waals surface area (Å²) in [5.41, 5.74) is 0. The lowest BCUT2D eigenvalue weighted by atomic mass is 10.1. The molecule has 2 nitrogen and oxygen atoms in total. The normalized spacial score (nSPS) is 10.8. The fourth-order valence-electron chi connectivity index (χ4n) is 1.80. The van der Waals surface area contributed by atoms with Crippen LogP contribution in [-0.4, -0.2) is 11.1 Å². The Labute approximate surface area is 105 Å². The quantitative estimate of drug-likeness (QED) is 0.303. The Kier molecular flexibility index (Phi) is 12.2. The Morgan fingerprint density at radius 3 is 1.82 bits per heavy atom. The van der Waals surface area contributed by atoms with Crippen molar-refractivity contribution in [2.24, 2.45) is 0 Å². The summed E-state index contributed by atoms with van der Waals surface area (Å²) >= 11 is 0. The van der Waals surface area contributed by atoms with Gasteiger partial charge in [0.25, 0.3) is 0 Å². The van der Waals surface area contributed by atoms with Crippen LogP contribution in [0, 0.1) is 0 Å². The molecular weight excluding hydrogens is 212 g/mol. The first-order chi connectivity index (χ1) is 8.27. The van der Waals surface area contributed by atoms with Crippen LogP contribution in [0.2, 0.25) is 0 Å². The van der Waals surface area contributed by atoms with Gasteiger partial charge in [0.05, 0.1) is 0 Å². The number of carbonyl (C=O) groups is 1. The van der Waals surface area contributed by atoms with Gasteiger partial charge < -0.3 is 5.11 Å². The summed E-state index contributed by atoms with van der Waals surface area (Å²) in [4.78, 5) is 10.2. The highest BCUT2D eigenvalue weighted by Gasteiger charge is 1.91. The first-order valence-electron chi connectivity index (χ1n) is 6.77. The Morgan fingerprint density at radius 2 is 1.35 bits per heavy atom. The molecule has 17 heavy (non-hydrogen) atoms. The van der Waals surface area contributed by atoms with Gasteiger partial charge >= 0.3 is 5.97 Å². The summed E-state index contributed by atoms with van der Waals surface area (Å²) in [6.07, 6.45) is 17.2. The Morgan fingerprint density at radius 1 is 0.882 bits per heavy atom. The van der Waals surface area contributed by atoms with E-state index in [1.807, 2.05) is 6.08 Å². The molecule has 98 valence electrons. The minimum absolute atomic E-state index is 0.843. The highest BCUT2D eigenvalue weighted by molar-refractivity contribution is 5.79. The third-order valence-corrected chi connectivity index (χ3v) is 2.79. The first-order valence-corrected chi connectivity index (χ1v) is 6.77. The van der Waals surface area contributed by atoms with Gasteiger partial charge in [0.2, 0.25) is 0 Å². The molecule has 1 N–H and O–H groups in total. The third kappa shape index (κ3) is 14.9. The number of allylic oxidation sites excluding steroid dienone is 2. The summed E-state index contributed by atoms with van der Waals surface area (Å²) in [6, 6.07) is 0. The molecule has 0 rings (SSSR count). The van der Waals surface area contributed by atoms with Gasteiger partial charge in [-0.25, -0.2) is 4.79 Å². The van der Waals surface area contributed by atoms with Gasteiger partial charge in [0.1, 0.15) is 0 Å². The van der Waals surface area contributed by atoms with Crippen LogP contribution >= 0.6 is 0 Å². The summed E-state index contributed by atoms with van der Waals surface area (Å²) in [5, 5.41) is 8.38. The molecular formula is C15H26O2. The van der Waals surface area contributed by atoms with Crippen LogP contribution in [0.15, 0.2) is 24.8 Å². The Balaban J connectivity index is 3.03. The maximum atomic E-state index is 10.2. The van der Waals surface area contributed by atoms with Crippen molar-refractivity contribution < 1.29 is 9.90 Å². The molecule has 0 fully saturated rings. The molecule has 0 spiro atoms. The maximum Gasteiger partial charge on any atom is 0.327 e. The van der Waals surface area contributed by atoms with Gasteiger partial charge in [0, 0.05) is 6.08 Å². The number of hydrogen-bond acceptors (Lipinski definition) is 1. The van der Waals surface area contributed by atoms with Crippen molar-refractivity contribution >= 4 is 5.97 Å². The second kappa shape index (κ2) is 13.0. The zero-order valence-corrected chi connectivity index (χ0v) is 10.9. The van der Waals surface area contributed by atoms with Gasteiger partial charge in [-0.15, -0.1) is 6.58 Å². The summed E-state index contributed by atoms with van der Waals surface area (Å²) in [7, 11) is 0. The molecule has 0 aromatic heterocycles. The van der Waals surface area contributed by atoms with Crippen LogP contribution in [0.3, 0.4) is 0 Å². The fourth-order valence-corrected chi connectivity index (χ4v) is 1.80. The zero-order valence-electron chi connectivity index (χ0n) is 10.9. The van der Waals surface area contributed by atoms with Crippen LogP contribution in [0.5, 0.6) is 0 Å². The smallest absolute Gasteiger partial charge is 0.327 e. The van der Waals surface area contributed by atoms with E-state index in [1.165, 1.54) is 51.0 Å². The number of carboxylic acids is 1.